The van der Waals surface area contributed by atoms with Crippen molar-refractivity contribution in [3.8, 4) is 0 Å². The minimum atomic E-state index is -0.109. The molecule has 2 N–H and O–H groups in total. The lowest BCUT2D eigenvalue weighted by molar-refractivity contribution is -0.122. The van der Waals surface area contributed by atoms with E-state index in [9.17, 15) is 9.59 Å². The molecule has 98 valence electrons. The number of carbonyl (C=O) groups excluding carboxylic acids is 2. The summed E-state index contributed by atoms with van der Waals surface area (Å²) in [5.41, 5.74) is 6.88. The van der Waals surface area contributed by atoms with Crippen LogP contribution in [0.2, 0.25) is 0 Å². The number of anilines is 1. The van der Waals surface area contributed by atoms with E-state index in [1.807, 2.05) is 0 Å². The summed E-state index contributed by atoms with van der Waals surface area (Å²) in [5, 5.41) is 0. The lowest BCUT2D eigenvalue weighted by atomic mass is 10.00. The van der Waals surface area contributed by atoms with Gasteiger partial charge in [0.15, 0.2) is 0 Å². The number of thiocarbonyl (C=S) groups is 1. The van der Waals surface area contributed by atoms with Gasteiger partial charge < -0.3 is 5.73 Å². The molecule has 19 heavy (non-hydrogen) atoms. The van der Waals surface area contributed by atoms with Crippen molar-refractivity contribution in [3.63, 3.8) is 0 Å². The van der Waals surface area contributed by atoms with E-state index in [0.717, 1.165) is 24.8 Å². The van der Waals surface area contributed by atoms with Crippen LogP contribution >= 0.6 is 12.2 Å². The second kappa shape index (κ2) is 4.42. The van der Waals surface area contributed by atoms with Crippen molar-refractivity contribution in [2.24, 2.45) is 17.6 Å². The number of benzene rings is 1. The molecular formula is C14H14N2O2S. The predicted octanol–water partition coefficient (Wildman–Crippen LogP) is 1.61. The number of hydrogen-bond acceptors (Lipinski definition) is 3. The van der Waals surface area contributed by atoms with Crippen LogP contribution in [0.4, 0.5) is 5.69 Å². The van der Waals surface area contributed by atoms with Crippen LogP contribution in [0.25, 0.3) is 0 Å². The minimum absolute atomic E-state index is 0.0597. The molecule has 3 rings (SSSR count). The van der Waals surface area contributed by atoms with Crippen LogP contribution < -0.4 is 10.6 Å². The highest BCUT2D eigenvalue weighted by Gasteiger charge is 2.50. The molecule has 1 aliphatic heterocycles. The molecule has 0 radical (unpaired) electrons. The van der Waals surface area contributed by atoms with E-state index in [1.165, 1.54) is 4.90 Å². The standard InChI is InChI=1S/C14H14N2O2S/c15-12(19)8-4-6-9(7-5-8)16-13(17)10-2-1-3-11(10)14(16)18/h4-7,10-11H,1-3H2,(H2,15,19). The summed E-state index contributed by atoms with van der Waals surface area (Å²) in [7, 11) is 0. The third-order valence-corrected chi connectivity index (χ3v) is 4.24. The largest absolute Gasteiger partial charge is 0.389 e. The first-order chi connectivity index (χ1) is 9.09. The van der Waals surface area contributed by atoms with Crippen LogP contribution in [0.15, 0.2) is 24.3 Å². The fourth-order valence-electron chi connectivity index (χ4n) is 3.02. The van der Waals surface area contributed by atoms with Crippen LogP contribution in [-0.2, 0) is 9.59 Å². The Bertz CT molecular complexity index is 545. The van der Waals surface area contributed by atoms with Gasteiger partial charge in [0.2, 0.25) is 11.8 Å². The average Bonchev–Trinajstić information content (AvgIpc) is 2.95. The second-order valence-electron chi connectivity index (χ2n) is 5.07. The molecule has 1 aliphatic carbocycles. The zero-order valence-corrected chi connectivity index (χ0v) is 11.2. The molecule has 1 aromatic rings. The molecule has 1 saturated heterocycles. The second-order valence-corrected chi connectivity index (χ2v) is 5.51. The Morgan fingerprint density at radius 2 is 1.63 bits per heavy atom. The molecule has 2 aliphatic rings. The fraction of sp³-hybridized carbons (Fsp3) is 0.357. The topological polar surface area (TPSA) is 63.4 Å². The maximum atomic E-state index is 12.3. The molecule has 2 atom stereocenters. The van der Waals surface area contributed by atoms with Crippen molar-refractivity contribution in [1.82, 2.24) is 0 Å². The molecule has 1 saturated carbocycles. The van der Waals surface area contributed by atoms with Gasteiger partial charge in [-0.1, -0.05) is 18.6 Å². The van der Waals surface area contributed by atoms with E-state index in [0.29, 0.717) is 10.7 Å². The Morgan fingerprint density at radius 3 is 2.11 bits per heavy atom. The summed E-state index contributed by atoms with van der Waals surface area (Å²) < 4.78 is 0. The summed E-state index contributed by atoms with van der Waals surface area (Å²) in [5.74, 6) is -0.336. The van der Waals surface area contributed by atoms with E-state index in [4.69, 9.17) is 18.0 Å². The van der Waals surface area contributed by atoms with Gasteiger partial charge in [-0.05, 0) is 37.1 Å². The minimum Gasteiger partial charge on any atom is -0.389 e. The molecule has 5 heteroatoms. The zero-order valence-electron chi connectivity index (χ0n) is 10.3. The Morgan fingerprint density at radius 1 is 1.11 bits per heavy atom. The number of nitrogens with zero attached hydrogens (tertiary/aromatic N) is 1. The third-order valence-electron chi connectivity index (χ3n) is 4.00. The van der Waals surface area contributed by atoms with E-state index in [1.54, 1.807) is 24.3 Å². The van der Waals surface area contributed by atoms with E-state index >= 15 is 0 Å². The summed E-state index contributed by atoms with van der Waals surface area (Å²) >= 11 is 4.88. The van der Waals surface area contributed by atoms with Crippen LogP contribution in [0, 0.1) is 11.8 Å². The summed E-state index contributed by atoms with van der Waals surface area (Å²) in [6, 6.07) is 6.94. The van der Waals surface area contributed by atoms with E-state index < -0.39 is 0 Å². The smallest absolute Gasteiger partial charge is 0.237 e. The van der Waals surface area contributed by atoms with Crippen molar-refractivity contribution in [1.29, 1.82) is 0 Å². The van der Waals surface area contributed by atoms with E-state index in [2.05, 4.69) is 0 Å². The number of fused-ring (bicyclic) bond motifs is 1. The summed E-state index contributed by atoms with van der Waals surface area (Å²) in [6.07, 6.45) is 2.63. The number of amides is 2. The van der Waals surface area contributed by atoms with Gasteiger partial charge in [0.1, 0.15) is 4.99 Å². The van der Waals surface area contributed by atoms with Crippen molar-refractivity contribution < 1.29 is 9.59 Å². The highest BCUT2D eigenvalue weighted by Crippen LogP contribution is 2.41. The van der Waals surface area contributed by atoms with Crippen molar-refractivity contribution in [3.05, 3.63) is 29.8 Å². The van der Waals surface area contributed by atoms with Gasteiger partial charge in [-0.3, -0.25) is 14.5 Å². The monoisotopic (exact) mass is 274 g/mol. The van der Waals surface area contributed by atoms with Crippen LogP contribution in [0.5, 0.6) is 0 Å². The zero-order chi connectivity index (χ0) is 13.6. The fourth-order valence-corrected chi connectivity index (χ4v) is 3.16. The first-order valence-electron chi connectivity index (χ1n) is 6.37. The van der Waals surface area contributed by atoms with Gasteiger partial charge in [-0.2, -0.15) is 0 Å². The van der Waals surface area contributed by atoms with Crippen LogP contribution in [0.1, 0.15) is 24.8 Å². The Labute approximate surface area is 116 Å². The van der Waals surface area contributed by atoms with Crippen molar-refractivity contribution >= 4 is 34.7 Å². The molecule has 0 spiro atoms. The maximum absolute atomic E-state index is 12.3. The Hall–Kier alpha value is -1.75. The molecule has 1 heterocycles. The highest BCUT2D eigenvalue weighted by molar-refractivity contribution is 7.80. The summed E-state index contributed by atoms with van der Waals surface area (Å²) in [6.45, 7) is 0. The molecular weight excluding hydrogens is 260 g/mol. The molecule has 0 aromatic heterocycles. The molecule has 4 nitrogen and oxygen atoms in total. The van der Waals surface area contributed by atoms with Crippen LogP contribution in [-0.4, -0.2) is 16.8 Å². The summed E-state index contributed by atoms with van der Waals surface area (Å²) in [4.78, 5) is 26.2. The molecule has 2 amide bonds. The van der Waals surface area contributed by atoms with Crippen molar-refractivity contribution in [2.75, 3.05) is 4.90 Å². The SMILES string of the molecule is NC(=S)c1ccc(N2C(=O)C3CCCC3C2=O)cc1. The van der Waals surface area contributed by atoms with Gasteiger partial charge >= 0.3 is 0 Å². The Kier molecular flexibility index (Phi) is 2.86. The molecule has 2 unspecified atom stereocenters. The lowest BCUT2D eigenvalue weighted by Gasteiger charge is -2.16. The van der Waals surface area contributed by atoms with Gasteiger partial charge in [0.05, 0.1) is 17.5 Å². The first-order valence-corrected chi connectivity index (χ1v) is 6.78. The maximum Gasteiger partial charge on any atom is 0.237 e. The van der Waals surface area contributed by atoms with E-state index in [-0.39, 0.29) is 23.7 Å². The average molecular weight is 274 g/mol. The normalized spacial score (nSPS) is 25.8. The Balaban J connectivity index is 1.92. The third kappa shape index (κ3) is 1.85. The number of hydrogen-bond donors (Lipinski definition) is 1. The molecule has 1 aromatic carbocycles. The predicted molar refractivity (Wildman–Crippen MR) is 75.7 cm³/mol. The van der Waals surface area contributed by atoms with Gasteiger partial charge in [0, 0.05) is 5.56 Å². The van der Waals surface area contributed by atoms with Crippen molar-refractivity contribution in [2.45, 2.75) is 19.3 Å². The highest BCUT2D eigenvalue weighted by atomic mass is 32.1. The number of rotatable bonds is 2. The van der Waals surface area contributed by atoms with Crippen LogP contribution in [0.3, 0.4) is 0 Å². The number of carbonyl (C=O) groups is 2. The number of nitrogens with two attached hydrogens (primary N) is 1. The van der Waals surface area contributed by atoms with Gasteiger partial charge in [-0.15, -0.1) is 0 Å². The first kappa shape index (κ1) is 12.3. The number of imide groups is 1. The molecule has 0 bridgehead atoms. The van der Waals surface area contributed by atoms with Gasteiger partial charge in [-0.25, -0.2) is 0 Å². The lowest BCUT2D eigenvalue weighted by Crippen LogP contribution is -2.31. The quantitative estimate of drug-likeness (QED) is 0.657. The van der Waals surface area contributed by atoms with Gasteiger partial charge in [0.25, 0.3) is 0 Å². The molecule has 2 fully saturated rings.